The molecule has 0 bridgehead atoms. The molecule has 72 valence electrons. The minimum atomic E-state index is 0.646. The molecule has 0 saturated heterocycles. The fourth-order valence-corrected chi connectivity index (χ4v) is 1.31. The number of benzene rings is 1. The van der Waals surface area contributed by atoms with Gasteiger partial charge in [-0.1, -0.05) is 12.1 Å². The van der Waals surface area contributed by atoms with Crippen LogP contribution in [0.3, 0.4) is 0 Å². The van der Waals surface area contributed by atoms with E-state index >= 15 is 0 Å². The number of nitriles is 1. The second-order valence-corrected chi connectivity index (χ2v) is 3.21. The summed E-state index contributed by atoms with van der Waals surface area (Å²) in [7, 11) is 0. The number of nitrogens with zero attached hydrogens (tertiary/aromatic N) is 3. The van der Waals surface area contributed by atoms with Crippen molar-refractivity contribution in [1.82, 2.24) is 9.97 Å². The fraction of sp³-hybridized carbons (Fsp3) is 0.0833. The predicted octanol–water partition coefficient (Wildman–Crippen LogP) is 2.32. The Morgan fingerprint density at radius 1 is 1.13 bits per heavy atom. The Kier molecular flexibility index (Phi) is 2.42. The fourth-order valence-electron chi connectivity index (χ4n) is 1.31. The molecule has 0 radical (unpaired) electrons. The Morgan fingerprint density at radius 3 is 2.53 bits per heavy atom. The topological polar surface area (TPSA) is 49.6 Å². The summed E-state index contributed by atoms with van der Waals surface area (Å²) in [6.45, 7) is 1.84. The van der Waals surface area contributed by atoms with Crippen molar-refractivity contribution in [3.63, 3.8) is 0 Å². The minimum Gasteiger partial charge on any atom is -0.241 e. The van der Waals surface area contributed by atoms with Gasteiger partial charge >= 0.3 is 0 Å². The maximum atomic E-state index is 8.77. The van der Waals surface area contributed by atoms with E-state index in [2.05, 4.69) is 16.0 Å². The van der Waals surface area contributed by atoms with Crippen molar-refractivity contribution in [3.05, 3.63) is 48.0 Å². The van der Waals surface area contributed by atoms with Crippen LogP contribution in [0.15, 0.2) is 36.7 Å². The molecule has 0 N–H and O–H groups in total. The van der Waals surface area contributed by atoms with Gasteiger partial charge in [0.25, 0.3) is 0 Å². The Labute approximate surface area is 88.1 Å². The monoisotopic (exact) mass is 195 g/mol. The molecule has 15 heavy (non-hydrogen) atoms. The first kappa shape index (κ1) is 9.35. The molecule has 3 heteroatoms. The largest absolute Gasteiger partial charge is 0.241 e. The van der Waals surface area contributed by atoms with Gasteiger partial charge in [-0.05, 0) is 24.6 Å². The molecule has 1 aromatic heterocycles. The van der Waals surface area contributed by atoms with E-state index in [1.807, 2.05) is 25.1 Å². The van der Waals surface area contributed by atoms with Crippen LogP contribution < -0.4 is 0 Å². The van der Waals surface area contributed by atoms with E-state index in [9.17, 15) is 0 Å². The highest BCUT2D eigenvalue weighted by Gasteiger charge is 1.99. The lowest BCUT2D eigenvalue weighted by Crippen LogP contribution is -1.87. The smallest absolute Gasteiger partial charge is 0.125 e. The second kappa shape index (κ2) is 3.89. The van der Waals surface area contributed by atoms with Crippen LogP contribution in [0.1, 0.15) is 11.4 Å². The van der Waals surface area contributed by atoms with Crippen LogP contribution in [0, 0.1) is 18.3 Å². The Hall–Kier alpha value is -2.21. The van der Waals surface area contributed by atoms with Crippen LogP contribution >= 0.6 is 0 Å². The zero-order valence-corrected chi connectivity index (χ0v) is 8.31. The van der Waals surface area contributed by atoms with E-state index in [-0.39, 0.29) is 0 Å². The molecule has 0 fully saturated rings. The van der Waals surface area contributed by atoms with Gasteiger partial charge in [0.1, 0.15) is 5.82 Å². The highest BCUT2D eigenvalue weighted by Crippen LogP contribution is 2.18. The number of rotatable bonds is 1. The standard InChI is InChI=1S/C12H9N3/c1-9-14-7-12(8-15-9)11-4-2-3-10(5-11)6-13/h2-5,7-8H,1H3. The number of hydrogen-bond acceptors (Lipinski definition) is 3. The van der Waals surface area contributed by atoms with Crippen LogP contribution in [-0.2, 0) is 0 Å². The van der Waals surface area contributed by atoms with Crippen LogP contribution in [0.25, 0.3) is 11.1 Å². The molecule has 0 atom stereocenters. The van der Waals surface area contributed by atoms with Crippen molar-refractivity contribution in [1.29, 1.82) is 5.26 Å². The first-order valence-electron chi connectivity index (χ1n) is 4.59. The molecular formula is C12H9N3. The van der Waals surface area contributed by atoms with Crippen molar-refractivity contribution in [2.45, 2.75) is 6.92 Å². The number of aromatic nitrogens is 2. The van der Waals surface area contributed by atoms with E-state index in [1.54, 1.807) is 18.5 Å². The van der Waals surface area contributed by atoms with Gasteiger partial charge in [-0.2, -0.15) is 5.26 Å². The second-order valence-electron chi connectivity index (χ2n) is 3.21. The van der Waals surface area contributed by atoms with E-state index in [1.165, 1.54) is 0 Å². The molecule has 3 nitrogen and oxygen atoms in total. The van der Waals surface area contributed by atoms with Gasteiger partial charge in [0, 0.05) is 18.0 Å². The van der Waals surface area contributed by atoms with Gasteiger partial charge in [0.15, 0.2) is 0 Å². The molecule has 0 aliphatic carbocycles. The zero-order chi connectivity index (χ0) is 10.7. The molecular weight excluding hydrogens is 186 g/mol. The lowest BCUT2D eigenvalue weighted by molar-refractivity contribution is 1.06. The van der Waals surface area contributed by atoms with Crippen LogP contribution in [0.4, 0.5) is 0 Å². The third kappa shape index (κ3) is 2.00. The van der Waals surface area contributed by atoms with Gasteiger partial charge < -0.3 is 0 Å². The van der Waals surface area contributed by atoms with Crippen LogP contribution in [0.2, 0.25) is 0 Å². The summed E-state index contributed by atoms with van der Waals surface area (Å²) < 4.78 is 0. The quantitative estimate of drug-likeness (QED) is 0.701. The summed E-state index contributed by atoms with van der Waals surface area (Å²) in [4.78, 5) is 8.23. The van der Waals surface area contributed by atoms with Crippen molar-refractivity contribution in [2.75, 3.05) is 0 Å². The summed E-state index contributed by atoms with van der Waals surface area (Å²) in [6, 6.07) is 9.51. The molecule has 2 aromatic rings. The van der Waals surface area contributed by atoms with Crippen LogP contribution in [-0.4, -0.2) is 9.97 Å². The van der Waals surface area contributed by atoms with E-state index < -0.39 is 0 Å². The van der Waals surface area contributed by atoms with Gasteiger partial charge in [0.2, 0.25) is 0 Å². The molecule has 0 amide bonds. The summed E-state index contributed by atoms with van der Waals surface area (Å²) in [5.74, 6) is 0.746. The van der Waals surface area contributed by atoms with Gasteiger partial charge in [-0.15, -0.1) is 0 Å². The van der Waals surface area contributed by atoms with Gasteiger partial charge in [-0.25, -0.2) is 9.97 Å². The van der Waals surface area contributed by atoms with Crippen molar-refractivity contribution in [3.8, 4) is 17.2 Å². The summed E-state index contributed by atoms with van der Waals surface area (Å²) in [5, 5.41) is 8.77. The third-order valence-electron chi connectivity index (χ3n) is 2.11. The molecule has 2 rings (SSSR count). The average Bonchev–Trinajstić information content (AvgIpc) is 2.30. The maximum absolute atomic E-state index is 8.77. The molecule has 0 aliphatic heterocycles. The normalized spacial score (nSPS) is 9.60. The first-order valence-corrected chi connectivity index (χ1v) is 4.59. The average molecular weight is 195 g/mol. The zero-order valence-electron chi connectivity index (χ0n) is 8.31. The van der Waals surface area contributed by atoms with E-state index in [4.69, 9.17) is 5.26 Å². The Balaban J connectivity index is 2.46. The predicted molar refractivity (Wildman–Crippen MR) is 56.9 cm³/mol. The summed E-state index contributed by atoms with van der Waals surface area (Å²) >= 11 is 0. The van der Waals surface area contributed by atoms with Gasteiger partial charge in [-0.3, -0.25) is 0 Å². The SMILES string of the molecule is Cc1ncc(-c2cccc(C#N)c2)cn1. The molecule has 0 spiro atoms. The summed E-state index contributed by atoms with van der Waals surface area (Å²) in [6.07, 6.45) is 3.53. The Morgan fingerprint density at radius 2 is 1.87 bits per heavy atom. The molecule has 1 heterocycles. The third-order valence-corrected chi connectivity index (χ3v) is 2.11. The van der Waals surface area contributed by atoms with Gasteiger partial charge in [0.05, 0.1) is 11.6 Å². The highest BCUT2D eigenvalue weighted by atomic mass is 14.8. The lowest BCUT2D eigenvalue weighted by atomic mass is 10.1. The maximum Gasteiger partial charge on any atom is 0.125 e. The molecule has 0 aliphatic rings. The number of aryl methyl sites for hydroxylation is 1. The van der Waals surface area contributed by atoms with E-state index in [0.717, 1.165) is 17.0 Å². The van der Waals surface area contributed by atoms with E-state index in [0.29, 0.717) is 5.56 Å². The first-order chi connectivity index (χ1) is 7.29. The van der Waals surface area contributed by atoms with Crippen LogP contribution in [0.5, 0.6) is 0 Å². The molecule has 0 unspecified atom stereocenters. The van der Waals surface area contributed by atoms with Crippen molar-refractivity contribution >= 4 is 0 Å². The summed E-state index contributed by atoms with van der Waals surface area (Å²) in [5.41, 5.74) is 2.54. The molecule has 1 aromatic carbocycles. The molecule has 0 saturated carbocycles. The lowest BCUT2D eigenvalue weighted by Gasteiger charge is -2.00. The van der Waals surface area contributed by atoms with Crippen molar-refractivity contribution < 1.29 is 0 Å². The highest BCUT2D eigenvalue weighted by molar-refractivity contribution is 5.63. The van der Waals surface area contributed by atoms with Crippen molar-refractivity contribution in [2.24, 2.45) is 0 Å². The minimum absolute atomic E-state index is 0.646. The Bertz CT molecular complexity index is 509. The number of hydrogen-bond donors (Lipinski definition) is 0.